The van der Waals surface area contributed by atoms with E-state index in [-0.39, 0.29) is 5.82 Å². The van der Waals surface area contributed by atoms with Crippen molar-refractivity contribution in [3.63, 3.8) is 0 Å². The molecule has 2 rings (SSSR count). The van der Waals surface area contributed by atoms with Gasteiger partial charge in [0.05, 0.1) is 0 Å². The molecule has 0 aromatic heterocycles. The maximum atomic E-state index is 13.0. The number of ether oxygens (including phenoxy) is 1. The molecular weight excluding hydrogens is 267 g/mol. The molecular formula is C17H27FN2O. The minimum Gasteiger partial charge on any atom is -0.381 e. The first-order valence-corrected chi connectivity index (χ1v) is 7.85. The maximum absolute atomic E-state index is 13.0. The van der Waals surface area contributed by atoms with Crippen molar-refractivity contribution in [3.8, 4) is 0 Å². The van der Waals surface area contributed by atoms with Crippen LogP contribution in [0.1, 0.15) is 25.3 Å². The average Bonchev–Trinajstić information content (AvgIpc) is 2.48. The highest BCUT2D eigenvalue weighted by atomic mass is 19.1. The molecule has 0 atom stereocenters. The molecule has 21 heavy (non-hydrogen) atoms. The first-order chi connectivity index (χ1) is 10.1. The molecule has 0 spiro atoms. The van der Waals surface area contributed by atoms with Crippen LogP contribution in [0.25, 0.3) is 0 Å². The predicted octanol–water partition coefficient (Wildman–Crippen LogP) is 2.66. The zero-order valence-corrected chi connectivity index (χ0v) is 13.2. The van der Waals surface area contributed by atoms with E-state index in [2.05, 4.69) is 24.2 Å². The molecule has 1 aliphatic rings. The predicted molar refractivity (Wildman–Crippen MR) is 83.8 cm³/mol. The Kier molecular flexibility index (Phi) is 6.15. The Hall–Kier alpha value is -0.970. The molecule has 0 bridgehead atoms. The Balaban J connectivity index is 1.93. The molecule has 1 aliphatic heterocycles. The van der Waals surface area contributed by atoms with Crippen LogP contribution in [-0.4, -0.2) is 44.8 Å². The summed E-state index contributed by atoms with van der Waals surface area (Å²) in [6, 6.07) is 6.80. The molecule has 0 aliphatic carbocycles. The highest BCUT2D eigenvalue weighted by Gasteiger charge is 2.33. The lowest BCUT2D eigenvalue weighted by molar-refractivity contribution is -0.00139. The Morgan fingerprint density at radius 2 is 1.90 bits per heavy atom. The smallest absolute Gasteiger partial charge is 0.123 e. The van der Waals surface area contributed by atoms with Gasteiger partial charge in [0.25, 0.3) is 0 Å². The number of hydrogen-bond donors (Lipinski definition) is 1. The van der Waals surface area contributed by atoms with Gasteiger partial charge in [0.1, 0.15) is 5.82 Å². The second kappa shape index (κ2) is 7.87. The SMILES string of the molecule is CCNCC1(CN(C)Cc2ccc(F)cc2)CCOCC1. The number of rotatable bonds is 7. The molecule has 1 aromatic carbocycles. The Morgan fingerprint density at radius 1 is 1.24 bits per heavy atom. The fourth-order valence-electron chi connectivity index (χ4n) is 3.12. The Bertz CT molecular complexity index is 415. The van der Waals surface area contributed by atoms with Crippen LogP contribution >= 0.6 is 0 Å². The topological polar surface area (TPSA) is 24.5 Å². The van der Waals surface area contributed by atoms with Crippen LogP contribution < -0.4 is 5.32 Å². The van der Waals surface area contributed by atoms with E-state index in [0.29, 0.717) is 5.41 Å². The van der Waals surface area contributed by atoms with Crippen molar-refractivity contribution < 1.29 is 9.13 Å². The lowest BCUT2D eigenvalue weighted by Crippen LogP contribution is -2.46. The van der Waals surface area contributed by atoms with Gasteiger partial charge in [-0.3, -0.25) is 0 Å². The summed E-state index contributed by atoms with van der Waals surface area (Å²) in [5.74, 6) is -0.172. The normalized spacial score (nSPS) is 18.1. The van der Waals surface area contributed by atoms with E-state index in [4.69, 9.17) is 4.74 Å². The quantitative estimate of drug-likeness (QED) is 0.837. The van der Waals surface area contributed by atoms with Crippen LogP contribution in [0.3, 0.4) is 0 Å². The second-order valence-electron chi connectivity index (χ2n) is 6.19. The molecule has 1 aromatic rings. The van der Waals surface area contributed by atoms with Crippen LogP contribution in [0.2, 0.25) is 0 Å². The number of benzene rings is 1. The Labute approximate surface area is 127 Å². The van der Waals surface area contributed by atoms with Crippen LogP contribution in [0.4, 0.5) is 4.39 Å². The van der Waals surface area contributed by atoms with Crippen molar-refractivity contribution in [1.82, 2.24) is 10.2 Å². The standard InChI is InChI=1S/C17H27FN2O/c1-3-19-13-17(8-10-21-11-9-17)14-20(2)12-15-4-6-16(18)7-5-15/h4-7,19H,3,8-14H2,1-2H3. The molecule has 1 fully saturated rings. The number of nitrogens with zero attached hydrogens (tertiary/aromatic N) is 1. The van der Waals surface area contributed by atoms with Gasteiger partial charge in [-0.05, 0) is 49.5 Å². The monoisotopic (exact) mass is 294 g/mol. The molecule has 118 valence electrons. The van der Waals surface area contributed by atoms with Crippen molar-refractivity contribution in [1.29, 1.82) is 0 Å². The van der Waals surface area contributed by atoms with Crippen molar-refractivity contribution in [2.45, 2.75) is 26.3 Å². The minimum absolute atomic E-state index is 0.172. The average molecular weight is 294 g/mol. The van der Waals surface area contributed by atoms with E-state index in [1.807, 2.05) is 12.1 Å². The van der Waals surface area contributed by atoms with Gasteiger partial charge < -0.3 is 15.0 Å². The van der Waals surface area contributed by atoms with Crippen molar-refractivity contribution in [2.24, 2.45) is 5.41 Å². The molecule has 0 amide bonds. The van der Waals surface area contributed by atoms with E-state index in [1.54, 1.807) is 0 Å². The van der Waals surface area contributed by atoms with Gasteiger partial charge in [-0.15, -0.1) is 0 Å². The lowest BCUT2D eigenvalue weighted by atomic mass is 9.79. The highest BCUT2D eigenvalue weighted by Crippen LogP contribution is 2.31. The Morgan fingerprint density at radius 3 is 2.52 bits per heavy atom. The molecule has 0 unspecified atom stereocenters. The summed E-state index contributed by atoms with van der Waals surface area (Å²) in [7, 11) is 2.15. The van der Waals surface area contributed by atoms with Crippen LogP contribution in [0.15, 0.2) is 24.3 Å². The number of nitrogens with one attached hydrogen (secondary N) is 1. The van der Waals surface area contributed by atoms with E-state index >= 15 is 0 Å². The molecule has 3 nitrogen and oxygen atoms in total. The molecule has 1 N–H and O–H groups in total. The fourth-order valence-corrected chi connectivity index (χ4v) is 3.12. The summed E-state index contributed by atoms with van der Waals surface area (Å²) in [5.41, 5.74) is 1.45. The van der Waals surface area contributed by atoms with Crippen LogP contribution in [0.5, 0.6) is 0 Å². The van der Waals surface area contributed by atoms with E-state index in [0.717, 1.165) is 57.8 Å². The molecule has 4 heteroatoms. The molecule has 0 radical (unpaired) electrons. The number of hydrogen-bond acceptors (Lipinski definition) is 3. The van der Waals surface area contributed by atoms with Crippen molar-refractivity contribution in [3.05, 3.63) is 35.6 Å². The third-order valence-corrected chi connectivity index (χ3v) is 4.27. The van der Waals surface area contributed by atoms with Gasteiger partial charge in [0, 0.05) is 32.8 Å². The van der Waals surface area contributed by atoms with Gasteiger partial charge in [0.15, 0.2) is 0 Å². The van der Waals surface area contributed by atoms with Crippen molar-refractivity contribution in [2.75, 3.05) is 39.9 Å². The lowest BCUT2D eigenvalue weighted by Gasteiger charge is -2.40. The van der Waals surface area contributed by atoms with Gasteiger partial charge in [-0.25, -0.2) is 4.39 Å². The summed E-state index contributed by atoms with van der Waals surface area (Å²) in [5, 5.41) is 3.50. The zero-order chi connectivity index (χ0) is 15.1. The largest absolute Gasteiger partial charge is 0.381 e. The van der Waals surface area contributed by atoms with Gasteiger partial charge in [0.2, 0.25) is 0 Å². The second-order valence-corrected chi connectivity index (χ2v) is 6.19. The van der Waals surface area contributed by atoms with Gasteiger partial charge in [-0.2, -0.15) is 0 Å². The summed E-state index contributed by atoms with van der Waals surface area (Å²) < 4.78 is 18.5. The summed E-state index contributed by atoms with van der Waals surface area (Å²) >= 11 is 0. The van der Waals surface area contributed by atoms with E-state index in [1.165, 1.54) is 12.1 Å². The molecule has 1 saturated heterocycles. The summed E-state index contributed by atoms with van der Waals surface area (Å²) in [6.45, 7) is 7.81. The van der Waals surface area contributed by atoms with Crippen LogP contribution in [-0.2, 0) is 11.3 Å². The highest BCUT2D eigenvalue weighted by molar-refractivity contribution is 5.15. The first-order valence-electron chi connectivity index (χ1n) is 7.85. The number of halogens is 1. The van der Waals surface area contributed by atoms with E-state index < -0.39 is 0 Å². The zero-order valence-electron chi connectivity index (χ0n) is 13.2. The van der Waals surface area contributed by atoms with Gasteiger partial charge in [-0.1, -0.05) is 19.1 Å². The van der Waals surface area contributed by atoms with Crippen molar-refractivity contribution >= 4 is 0 Å². The van der Waals surface area contributed by atoms with Gasteiger partial charge >= 0.3 is 0 Å². The van der Waals surface area contributed by atoms with E-state index in [9.17, 15) is 4.39 Å². The summed E-state index contributed by atoms with van der Waals surface area (Å²) in [4.78, 5) is 2.34. The first kappa shape index (κ1) is 16.4. The molecule has 1 heterocycles. The maximum Gasteiger partial charge on any atom is 0.123 e. The summed E-state index contributed by atoms with van der Waals surface area (Å²) in [6.07, 6.45) is 2.21. The van der Waals surface area contributed by atoms with Crippen LogP contribution in [0, 0.1) is 11.2 Å². The fraction of sp³-hybridized carbons (Fsp3) is 0.647. The minimum atomic E-state index is -0.172. The third-order valence-electron chi connectivity index (χ3n) is 4.27. The third kappa shape index (κ3) is 5.06. The molecule has 0 saturated carbocycles.